The largest absolute Gasteiger partial charge is 0.315 e. The van der Waals surface area contributed by atoms with Crippen LogP contribution in [-0.4, -0.2) is 20.3 Å². The van der Waals surface area contributed by atoms with E-state index in [-0.39, 0.29) is 5.75 Å². The maximum absolute atomic E-state index is 10.8. The molecule has 0 aromatic rings. The zero-order valence-electron chi connectivity index (χ0n) is 6.29. The molecule has 0 radical (unpaired) electrons. The van der Waals surface area contributed by atoms with Crippen LogP contribution in [-0.2, 0) is 10.0 Å². The molecule has 0 amide bonds. The minimum absolute atomic E-state index is 0.147. The summed E-state index contributed by atoms with van der Waals surface area (Å²) in [7, 11) is -3.11. The molecule has 0 saturated heterocycles. The van der Waals surface area contributed by atoms with Crippen molar-refractivity contribution in [3.05, 3.63) is 0 Å². The van der Waals surface area contributed by atoms with Gasteiger partial charge < -0.3 is 5.73 Å². The van der Waals surface area contributed by atoms with Crippen molar-refractivity contribution in [1.29, 1.82) is 0 Å². The third-order valence-electron chi connectivity index (χ3n) is 0.838. The summed E-state index contributed by atoms with van der Waals surface area (Å²) in [4.78, 5) is 0. The van der Waals surface area contributed by atoms with Crippen molar-refractivity contribution in [2.45, 2.75) is 26.4 Å². The van der Waals surface area contributed by atoms with Crippen LogP contribution < -0.4 is 10.5 Å². The van der Waals surface area contributed by atoms with E-state index in [0.717, 1.165) is 0 Å². The summed E-state index contributed by atoms with van der Waals surface area (Å²) in [5, 5.41) is 0. The molecule has 62 valence electrons. The minimum Gasteiger partial charge on any atom is -0.315 e. The second-order valence-corrected chi connectivity index (χ2v) is 4.10. The van der Waals surface area contributed by atoms with E-state index in [1.165, 1.54) is 0 Å². The predicted octanol–water partition coefficient (Wildman–Crippen LogP) is -0.379. The van der Waals surface area contributed by atoms with E-state index < -0.39 is 16.2 Å². The minimum atomic E-state index is -3.11. The Kier molecular flexibility index (Phi) is 3.85. The molecule has 0 heterocycles. The molecule has 0 saturated carbocycles. The monoisotopic (exact) mass is 166 g/mol. The highest BCUT2D eigenvalue weighted by atomic mass is 32.2. The van der Waals surface area contributed by atoms with Crippen molar-refractivity contribution in [2.75, 3.05) is 5.75 Å². The zero-order valence-corrected chi connectivity index (χ0v) is 7.11. The Labute approximate surface area is 61.8 Å². The highest BCUT2D eigenvalue weighted by molar-refractivity contribution is 7.89. The van der Waals surface area contributed by atoms with E-state index in [4.69, 9.17) is 5.73 Å². The number of sulfonamides is 1. The van der Waals surface area contributed by atoms with Gasteiger partial charge >= 0.3 is 0 Å². The molecule has 1 atom stereocenters. The summed E-state index contributed by atoms with van der Waals surface area (Å²) in [5.74, 6) is 0.147. The first-order chi connectivity index (χ1) is 4.48. The molecule has 1 unspecified atom stereocenters. The van der Waals surface area contributed by atoms with Crippen LogP contribution in [0, 0.1) is 0 Å². The van der Waals surface area contributed by atoms with Crippen molar-refractivity contribution in [2.24, 2.45) is 5.73 Å². The highest BCUT2D eigenvalue weighted by Crippen LogP contribution is 1.87. The second kappa shape index (κ2) is 3.90. The standard InChI is InChI=1S/C5H14N2O2S/c1-3-4-10(8,9)7-5(2)6/h5,7H,3-4,6H2,1-2H3. The molecule has 0 bridgehead atoms. The summed E-state index contributed by atoms with van der Waals surface area (Å²) in [6.45, 7) is 3.40. The molecule has 0 aliphatic heterocycles. The van der Waals surface area contributed by atoms with Crippen LogP contribution in [0.1, 0.15) is 20.3 Å². The topological polar surface area (TPSA) is 72.2 Å². The van der Waals surface area contributed by atoms with Gasteiger partial charge in [0.2, 0.25) is 10.0 Å². The van der Waals surface area contributed by atoms with E-state index in [1.807, 2.05) is 0 Å². The van der Waals surface area contributed by atoms with E-state index in [2.05, 4.69) is 4.72 Å². The van der Waals surface area contributed by atoms with Gasteiger partial charge in [0.1, 0.15) is 0 Å². The average Bonchev–Trinajstić information content (AvgIpc) is 1.59. The summed E-state index contributed by atoms with van der Waals surface area (Å²) in [5.41, 5.74) is 5.22. The number of hydrogen-bond donors (Lipinski definition) is 2. The molecule has 0 fully saturated rings. The Morgan fingerprint density at radius 3 is 2.40 bits per heavy atom. The molecule has 0 spiro atoms. The maximum Gasteiger partial charge on any atom is 0.212 e. The lowest BCUT2D eigenvalue weighted by atomic mass is 10.6. The Morgan fingerprint density at radius 1 is 1.60 bits per heavy atom. The molecule has 10 heavy (non-hydrogen) atoms. The highest BCUT2D eigenvalue weighted by Gasteiger charge is 2.08. The van der Waals surface area contributed by atoms with E-state index in [9.17, 15) is 8.42 Å². The van der Waals surface area contributed by atoms with Crippen molar-refractivity contribution in [3.8, 4) is 0 Å². The van der Waals surface area contributed by atoms with Crippen LogP contribution in [0.2, 0.25) is 0 Å². The summed E-state index contributed by atoms with van der Waals surface area (Å²) in [6, 6.07) is 0. The van der Waals surface area contributed by atoms with Crippen LogP contribution >= 0.6 is 0 Å². The zero-order chi connectivity index (χ0) is 8.20. The first-order valence-electron chi connectivity index (χ1n) is 3.23. The Hall–Kier alpha value is -0.130. The fourth-order valence-corrected chi connectivity index (χ4v) is 1.83. The number of rotatable bonds is 4. The average molecular weight is 166 g/mol. The number of hydrogen-bond acceptors (Lipinski definition) is 3. The first kappa shape index (κ1) is 9.87. The van der Waals surface area contributed by atoms with Crippen LogP contribution in [0.15, 0.2) is 0 Å². The Balaban J connectivity index is 3.89. The summed E-state index contributed by atoms with van der Waals surface area (Å²) in [6.07, 6.45) is 0.124. The predicted molar refractivity (Wildman–Crippen MR) is 40.9 cm³/mol. The van der Waals surface area contributed by atoms with E-state index in [0.29, 0.717) is 6.42 Å². The van der Waals surface area contributed by atoms with Crippen LogP contribution in [0.5, 0.6) is 0 Å². The van der Waals surface area contributed by atoms with Crippen molar-refractivity contribution in [3.63, 3.8) is 0 Å². The van der Waals surface area contributed by atoms with Gasteiger partial charge in [0, 0.05) is 0 Å². The third-order valence-corrected chi connectivity index (χ3v) is 2.51. The molecular formula is C5H14N2O2S. The first-order valence-corrected chi connectivity index (χ1v) is 4.88. The summed E-state index contributed by atoms with van der Waals surface area (Å²) < 4.78 is 24.0. The van der Waals surface area contributed by atoms with Gasteiger partial charge in [-0.2, -0.15) is 4.72 Å². The van der Waals surface area contributed by atoms with Crippen molar-refractivity contribution < 1.29 is 8.42 Å². The van der Waals surface area contributed by atoms with Gasteiger partial charge in [0.15, 0.2) is 0 Å². The molecular weight excluding hydrogens is 152 g/mol. The molecule has 5 heteroatoms. The summed E-state index contributed by atoms with van der Waals surface area (Å²) >= 11 is 0. The third kappa shape index (κ3) is 4.72. The smallest absolute Gasteiger partial charge is 0.212 e. The van der Waals surface area contributed by atoms with Gasteiger partial charge in [-0.1, -0.05) is 6.92 Å². The molecule has 0 aliphatic rings. The fraction of sp³-hybridized carbons (Fsp3) is 1.00. The van der Waals surface area contributed by atoms with Gasteiger partial charge in [0.25, 0.3) is 0 Å². The molecule has 0 aliphatic carbocycles. The fourth-order valence-electron chi connectivity index (χ4n) is 0.611. The number of nitrogens with two attached hydrogens (primary N) is 1. The normalized spacial score (nSPS) is 15.1. The van der Waals surface area contributed by atoms with Gasteiger partial charge in [-0.05, 0) is 13.3 Å². The van der Waals surface area contributed by atoms with Crippen LogP contribution in [0.3, 0.4) is 0 Å². The van der Waals surface area contributed by atoms with Crippen LogP contribution in [0.4, 0.5) is 0 Å². The van der Waals surface area contributed by atoms with Crippen molar-refractivity contribution in [1.82, 2.24) is 4.72 Å². The molecule has 0 rings (SSSR count). The van der Waals surface area contributed by atoms with Gasteiger partial charge in [-0.3, -0.25) is 0 Å². The Morgan fingerprint density at radius 2 is 2.10 bits per heavy atom. The number of nitrogens with one attached hydrogen (secondary N) is 1. The molecule has 4 nitrogen and oxygen atoms in total. The Bertz CT molecular complexity index is 174. The lowest BCUT2D eigenvalue weighted by molar-refractivity contribution is 0.564. The second-order valence-electron chi connectivity index (χ2n) is 2.23. The van der Waals surface area contributed by atoms with E-state index in [1.54, 1.807) is 13.8 Å². The maximum atomic E-state index is 10.8. The molecule has 3 N–H and O–H groups in total. The lowest BCUT2D eigenvalue weighted by Gasteiger charge is -2.07. The lowest BCUT2D eigenvalue weighted by Crippen LogP contribution is -2.39. The molecule has 0 aromatic carbocycles. The van der Waals surface area contributed by atoms with Gasteiger partial charge in [-0.25, -0.2) is 8.42 Å². The quantitative estimate of drug-likeness (QED) is 0.559. The van der Waals surface area contributed by atoms with Crippen LogP contribution in [0.25, 0.3) is 0 Å². The molecule has 0 aromatic heterocycles. The van der Waals surface area contributed by atoms with Crippen molar-refractivity contribution >= 4 is 10.0 Å². The van der Waals surface area contributed by atoms with E-state index >= 15 is 0 Å². The van der Waals surface area contributed by atoms with Gasteiger partial charge in [0.05, 0.1) is 11.9 Å². The SMILES string of the molecule is CCCS(=O)(=O)NC(C)N. The van der Waals surface area contributed by atoms with Gasteiger partial charge in [-0.15, -0.1) is 0 Å².